The van der Waals surface area contributed by atoms with Gasteiger partial charge in [-0.1, -0.05) is 11.8 Å². The van der Waals surface area contributed by atoms with Gasteiger partial charge in [-0.25, -0.2) is 0 Å². The van der Waals surface area contributed by atoms with Gasteiger partial charge in [0.15, 0.2) is 0 Å². The molecule has 0 spiro atoms. The second-order valence-corrected chi connectivity index (χ2v) is 4.82. The fraction of sp³-hybridized carbons (Fsp3) is 0.579. The number of hydrogen-bond donors (Lipinski definition) is 0. The maximum absolute atomic E-state index is 5.20. The van der Waals surface area contributed by atoms with Gasteiger partial charge in [0.1, 0.15) is 0 Å². The van der Waals surface area contributed by atoms with Crippen molar-refractivity contribution >= 4 is 0 Å². The Morgan fingerprint density at radius 2 is 1.20 bits per heavy atom. The highest BCUT2D eigenvalue weighted by Gasteiger charge is 2.04. The molecule has 20 heavy (non-hydrogen) atoms. The largest absolute Gasteiger partial charge is 0.279 e. The zero-order valence-electron chi connectivity index (χ0n) is 12.8. The summed E-state index contributed by atoms with van der Waals surface area (Å²) >= 11 is 0. The average molecular weight is 267 g/mol. The number of terminal acetylenes is 2. The van der Waals surface area contributed by atoms with E-state index in [0.717, 1.165) is 51.6 Å². The third kappa shape index (κ3) is 11.3. The molecule has 0 aliphatic rings. The van der Waals surface area contributed by atoms with E-state index < -0.39 is 0 Å². The summed E-state index contributed by atoms with van der Waals surface area (Å²) in [6, 6.07) is 0.454. The van der Waals surface area contributed by atoms with E-state index in [0.29, 0.717) is 6.04 Å². The molecule has 0 rings (SSSR count). The van der Waals surface area contributed by atoms with Gasteiger partial charge in [-0.05, 0) is 26.7 Å². The van der Waals surface area contributed by atoms with E-state index in [9.17, 15) is 0 Å². The Hall–Kier alpha value is -1.80. The first-order valence-electron chi connectivity index (χ1n) is 7.24. The number of rotatable bonds is 7. The molecule has 0 heterocycles. The van der Waals surface area contributed by atoms with Crippen LogP contribution in [0.1, 0.15) is 52.4 Å². The molecule has 0 aliphatic carbocycles. The van der Waals surface area contributed by atoms with Crippen molar-refractivity contribution in [1.82, 2.24) is 4.90 Å². The normalized spacial score (nSPS) is 9.10. The number of hydrogen-bond acceptors (Lipinski definition) is 1. The lowest BCUT2D eigenvalue weighted by Gasteiger charge is -2.21. The fourth-order valence-electron chi connectivity index (χ4n) is 1.47. The van der Waals surface area contributed by atoms with Gasteiger partial charge < -0.3 is 0 Å². The lowest BCUT2D eigenvalue weighted by molar-refractivity contribution is 0.281. The summed E-state index contributed by atoms with van der Waals surface area (Å²) in [4.78, 5) is 2.27. The lowest BCUT2D eigenvalue weighted by atomic mass is 10.2. The maximum Gasteiger partial charge on any atom is 0.0612 e. The Morgan fingerprint density at radius 3 is 1.55 bits per heavy atom. The summed E-state index contributed by atoms with van der Waals surface area (Å²) in [6.07, 6.45) is 15.8. The third-order valence-electron chi connectivity index (χ3n) is 2.79. The van der Waals surface area contributed by atoms with Gasteiger partial charge in [-0.3, -0.25) is 4.90 Å². The third-order valence-corrected chi connectivity index (χ3v) is 2.79. The van der Waals surface area contributed by atoms with Gasteiger partial charge in [0.25, 0.3) is 0 Å². The average Bonchev–Trinajstić information content (AvgIpc) is 2.43. The predicted octanol–water partition coefficient (Wildman–Crippen LogP) is 3.31. The van der Waals surface area contributed by atoms with Crippen LogP contribution in [0, 0.1) is 48.4 Å². The molecule has 0 aromatic carbocycles. The summed E-state index contributed by atoms with van der Waals surface area (Å²) in [5.74, 6) is 18.0. The molecule has 0 saturated heterocycles. The monoisotopic (exact) mass is 267 g/mol. The summed E-state index contributed by atoms with van der Waals surface area (Å²) in [5, 5.41) is 0. The van der Waals surface area contributed by atoms with E-state index in [1.54, 1.807) is 0 Å². The highest BCUT2D eigenvalue weighted by Crippen LogP contribution is 1.97. The van der Waals surface area contributed by atoms with E-state index in [1.165, 1.54) is 0 Å². The molecular formula is C19H25N. The summed E-state index contributed by atoms with van der Waals surface area (Å²) in [5.41, 5.74) is 0. The molecule has 0 fully saturated rings. The standard InChI is InChI=1S/C19H25N/c1-5-7-9-11-13-15-17-20(19(3)4)18-16-14-12-10-8-6-2/h1-2,19H,7-12,17-18H2,3-4H3. The van der Waals surface area contributed by atoms with Crippen LogP contribution in [-0.4, -0.2) is 24.0 Å². The molecule has 1 heteroatoms. The first kappa shape index (κ1) is 18.2. The molecule has 0 amide bonds. The van der Waals surface area contributed by atoms with Crippen LogP contribution in [0.4, 0.5) is 0 Å². The van der Waals surface area contributed by atoms with Crippen LogP contribution in [0.2, 0.25) is 0 Å². The van der Waals surface area contributed by atoms with E-state index >= 15 is 0 Å². The van der Waals surface area contributed by atoms with Crippen molar-refractivity contribution in [3.05, 3.63) is 0 Å². The van der Waals surface area contributed by atoms with Crippen LogP contribution in [-0.2, 0) is 0 Å². The molecule has 106 valence electrons. The topological polar surface area (TPSA) is 3.24 Å². The van der Waals surface area contributed by atoms with E-state index in [2.05, 4.69) is 54.3 Å². The zero-order valence-corrected chi connectivity index (χ0v) is 12.8. The molecule has 0 saturated carbocycles. The molecule has 0 N–H and O–H groups in total. The van der Waals surface area contributed by atoms with Crippen molar-refractivity contribution in [3.63, 3.8) is 0 Å². The summed E-state index contributed by atoms with van der Waals surface area (Å²) < 4.78 is 0. The molecule has 0 aromatic rings. The first-order valence-corrected chi connectivity index (χ1v) is 7.24. The second-order valence-electron chi connectivity index (χ2n) is 4.82. The van der Waals surface area contributed by atoms with Crippen LogP contribution in [0.5, 0.6) is 0 Å². The van der Waals surface area contributed by atoms with Crippen molar-refractivity contribution < 1.29 is 0 Å². The highest BCUT2D eigenvalue weighted by molar-refractivity contribution is 5.06. The van der Waals surface area contributed by atoms with Gasteiger partial charge in [-0.2, -0.15) is 0 Å². The van der Waals surface area contributed by atoms with Crippen LogP contribution < -0.4 is 0 Å². The number of nitrogens with zero attached hydrogens (tertiary/aromatic N) is 1. The minimum Gasteiger partial charge on any atom is -0.279 e. The minimum atomic E-state index is 0.454. The van der Waals surface area contributed by atoms with Gasteiger partial charge in [-0.15, -0.1) is 36.5 Å². The Balaban J connectivity index is 3.99. The smallest absolute Gasteiger partial charge is 0.0612 e. The molecule has 0 radical (unpaired) electrons. The lowest BCUT2D eigenvalue weighted by Crippen LogP contribution is -2.31. The summed E-state index contributed by atoms with van der Waals surface area (Å²) in [6.45, 7) is 5.87. The molecular weight excluding hydrogens is 242 g/mol. The zero-order chi connectivity index (χ0) is 15.1. The molecule has 0 aliphatic heterocycles. The quantitative estimate of drug-likeness (QED) is 0.505. The van der Waals surface area contributed by atoms with Crippen molar-refractivity contribution in [2.24, 2.45) is 0 Å². The van der Waals surface area contributed by atoms with E-state index in [1.807, 2.05) is 0 Å². The van der Waals surface area contributed by atoms with Crippen LogP contribution in [0.25, 0.3) is 0 Å². The Morgan fingerprint density at radius 1 is 0.750 bits per heavy atom. The van der Waals surface area contributed by atoms with E-state index in [4.69, 9.17) is 12.8 Å². The molecule has 0 unspecified atom stereocenters. The Kier molecular flexibility index (Phi) is 12.4. The first-order chi connectivity index (χ1) is 9.72. The predicted molar refractivity (Wildman–Crippen MR) is 87.6 cm³/mol. The van der Waals surface area contributed by atoms with Gasteiger partial charge in [0.2, 0.25) is 0 Å². The SMILES string of the molecule is C#CCCCC#CCN(CC#CCCCC#C)C(C)C. The van der Waals surface area contributed by atoms with Crippen LogP contribution in [0.3, 0.4) is 0 Å². The van der Waals surface area contributed by atoms with Gasteiger partial charge in [0.05, 0.1) is 13.1 Å². The van der Waals surface area contributed by atoms with Crippen molar-refractivity contribution in [3.8, 4) is 48.4 Å². The fourth-order valence-corrected chi connectivity index (χ4v) is 1.47. The molecule has 0 atom stereocenters. The summed E-state index contributed by atoms with van der Waals surface area (Å²) in [7, 11) is 0. The molecule has 1 nitrogen and oxygen atoms in total. The minimum absolute atomic E-state index is 0.454. The molecule has 0 bridgehead atoms. The van der Waals surface area contributed by atoms with Gasteiger partial charge in [0, 0.05) is 31.7 Å². The van der Waals surface area contributed by atoms with Crippen LogP contribution >= 0.6 is 0 Å². The Bertz CT molecular complexity index is 397. The van der Waals surface area contributed by atoms with Crippen molar-refractivity contribution in [2.45, 2.75) is 58.4 Å². The second kappa shape index (κ2) is 13.6. The maximum atomic E-state index is 5.20. The van der Waals surface area contributed by atoms with Crippen molar-refractivity contribution in [1.29, 1.82) is 0 Å². The van der Waals surface area contributed by atoms with Gasteiger partial charge >= 0.3 is 0 Å². The van der Waals surface area contributed by atoms with E-state index in [-0.39, 0.29) is 0 Å². The highest BCUT2D eigenvalue weighted by atomic mass is 15.1. The number of unbranched alkanes of at least 4 members (excludes halogenated alkanes) is 4. The molecule has 0 aromatic heterocycles. The van der Waals surface area contributed by atoms with Crippen LogP contribution in [0.15, 0.2) is 0 Å². The Labute approximate surface area is 125 Å². The van der Waals surface area contributed by atoms with Crippen molar-refractivity contribution in [2.75, 3.05) is 13.1 Å².